The van der Waals surface area contributed by atoms with Crippen molar-refractivity contribution in [1.29, 1.82) is 0 Å². The molecule has 1 atom stereocenters. The minimum absolute atomic E-state index is 0.0536. The number of hydrogen-bond donors (Lipinski definition) is 3. The average molecular weight is 147 g/mol. The van der Waals surface area contributed by atoms with Crippen molar-refractivity contribution in [1.82, 2.24) is 10.2 Å². The van der Waals surface area contributed by atoms with Gasteiger partial charge in [-0.15, -0.1) is 0 Å². The summed E-state index contributed by atoms with van der Waals surface area (Å²) < 4.78 is 0. The van der Waals surface area contributed by atoms with Gasteiger partial charge in [-0.05, 0) is 14.1 Å². The van der Waals surface area contributed by atoms with E-state index in [4.69, 9.17) is 10.8 Å². The maximum atomic E-state index is 10.1. The molecule has 1 unspecified atom stereocenters. The molecular formula is C5H13N3O2. The predicted octanol–water partition coefficient (Wildman–Crippen LogP) is -1.54. The zero-order valence-electron chi connectivity index (χ0n) is 6.16. The van der Waals surface area contributed by atoms with Crippen molar-refractivity contribution in [3.05, 3.63) is 0 Å². The molecular weight excluding hydrogens is 134 g/mol. The van der Waals surface area contributed by atoms with Crippen LogP contribution in [-0.2, 0) is 4.79 Å². The fourth-order valence-electron chi connectivity index (χ4n) is 0.532. The van der Waals surface area contributed by atoms with Crippen LogP contribution < -0.4 is 11.1 Å². The first-order chi connectivity index (χ1) is 4.57. The third-order valence-corrected chi connectivity index (χ3v) is 1.16. The summed E-state index contributed by atoms with van der Waals surface area (Å²) in [5, 5.41) is 11.0. The van der Waals surface area contributed by atoms with Crippen LogP contribution in [-0.4, -0.2) is 42.9 Å². The van der Waals surface area contributed by atoms with Gasteiger partial charge in [-0.3, -0.25) is 15.0 Å². The third kappa shape index (κ3) is 3.39. The Morgan fingerprint density at radius 1 is 1.90 bits per heavy atom. The summed E-state index contributed by atoms with van der Waals surface area (Å²) >= 11 is 0. The number of carbonyl (C=O) groups is 1. The second-order valence-corrected chi connectivity index (χ2v) is 2.04. The molecule has 0 aliphatic carbocycles. The third-order valence-electron chi connectivity index (χ3n) is 1.16. The van der Waals surface area contributed by atoms with Crippen LogP contribution in [0.2, 0.25) is 0 Å². The molecule has 0 aromatic heterocycles. The van der Waals surface area contributed by atoms with Crippen molar-refractivity contribution in [2.75, 3.05) is 20.6 Å². The van der Waals surface area contributed by atoms with Gasteiger partial charge in [0.25, 0.3) is 0 Å². The van der Waals surface area contributed by atoms with Crippen molar-refractivity contribution < 1.29 is 9.90 Å². The van der Waals surface area contributed by atoms with Gasteiger partial charge in [0.15, 0.2) is 0 Å². The summed E-state index contributed by atoms with van der Waals surface area (Å²) in [5.41, 5.74) is 5.42. The standard InChI is InChI=1S/C5H13N3O2/c1-7-5(6)8(2)3-4(9)10/h5,7H,3,6H2,1-2H3,(H,9,10). The summed E-state index contributed by atoms with van der Waals surface area (Å²) in [6.45, 7) is -0.0536. The van der Waals surface area contributed by atoms with Crippen molar-refractivity contribution >= 4 is 5.97 Å². The Labute approximate surface area is 59.8 Å². The van der Waals surface area contributed by atoms with Crippen LogP contribution in [0.4, 0.5) is 0 Å². The molecule has 0 aromatic carbocycles. The molecule has 0 aromatic rings. The van der Waals surface area contributed by atoms with Gasteiger partial charge >= 0.3 is 5.97 Å². The zero-order valence-corrected chi connectivity index (χ0v) is 6.16. The van der Waals surface area contributed by atoms with Crippen molar-refractivity contribution in [3.8, 4) is 0 Å². The van der Waals surface area contributed by atoms with E-state index in [2.05, 4.69) is 5.32 Å². The summed E-state index contributed by atoms with van der Waals surface area (Å²) in [4.78, 5) is 11.6. The SMILES string of the molecule is CNC(N)N(C)CC(=O)O. The summed E-state index contributed by atoms with van der Waals surface area (Å²) in [5.74, 6) is -0.881. The lowest BCUT2D eigenvalue weighted by atomic mass is 10.5. The number of nitrogens with two attached hydrogens (primary N) is 1. The van der Waals surface area contributed by atoms with Crippen LogP contribution in [0.25, 0.3) is 0 Å². The fraction of sp³-hybridized carbons (Fsp3) is 0.800. The maximum absolute atomic E-state index is 10.1. The Bertz CT molecular complexity index is 117. The highest BCUT2D eigenvalue weighted by molar-refractivity contribution is 5.69. The predicted molar refractivity (Wildman–Crippen MR) is 37.3 cm³/mol. The lowest BCUT2D eigenvalue weighted by Crippen LogP contribution is -2.50. The van der Waals surface area contributed by atoms with Gasteiger partial charge in [0.05, 0.1) is 6.54 Å². The smallest absolute Gasteiger partial charge is 0.317 e. The lowest BCUT2D eigenvalue weighted by Gasteiger charge is -2.21. The molecule has 5 heteroatoms. The molecule has 0 heterocycles. The molecule has 0 aliphatic rings. The van der Waals surface area contributed by atoms with Crippen LogP contribution in [0, 0.1) is 0 Å². The van der Waals surface area contributed by atoms with E-state index in [1.807, 2.05) is 0 Å². The van der Waals surface area contributed by atoms with E-state index in [1.165, 1.54) is 4.90 Å². The van der Waals surface area contributed by atoms with Crippen molar-refractivity contribution in [2.24, 2.45) is 5.73 Å². The first kappa shape index (κ1) is 9.35. The number of carboxylic acids is 1. The Kier molecular flexibility index (Phi) is 3.94. The molecule has 5 nitrogen and oxygen atoms in total. The number of carboxylic acid groups (broad SMARTS) is 1. The molecule has 10 heavy (non-hydrogen) atoms. The average Bonchev–Trinajstić information content (AvgIpc) is 1.85. The Balaban J connectivity index is 3.61. The molecule has 0 saturated heterocycles. The number of nitrogens with one attached hydrogen (secondary N) is 1. The minimum Gasteiger partial charge on any atom is -0.480 e. The van der Waals surface area contributed by atoms with E-state index in [9.17, 15) is 4.79 Å². The van der Waals surface area contributed by atoms with Crippen LogP contribution in [0.1, 0.15) is 0 Å². The van der Waals surface area contributed by atoms with Gasteiger partial charge in [0.1, 0.15) is 6.29 Å². The number of rotatable bonds is 4. The van der Waals surface area contributed by atoms with Crippen LogP contribution in [0.3, 0.4) is 0 Å². The van der Waals surface area contributed by atoms with Gasteiger partial charge in [0, 0.05) is 0 Å². The van der Waals surface area contributed by atoms with E-state index >= 15 is 0 Å². The number of likely N-dealkylation sites (N-methyl/N-ethyl adjacent to an activating group) is 1. The zero-order chi connectivity index (χ0) is 8.15. The Morgan fingerprint density at radius 3 is 2.70 bits per heavy atom. The van der Waals surface area contributed by atoms with E-state index in [0.29, 0.717) is 0 Å². The molecule has 4 N–H and O–H groups in total. The van der Waals surface area contributed by atoms with E-state index in [-0.39, 0.29) is 6.54 Å². The summed E-state index contributed by atoms with van der Waals surface area (Å²) in [6.07, 6.45) is -0.393. The van der Waals surface area contributed by atoms with Gasteiger partial charge in [-0.1, -0.05) is 0 Å². The molecule has 0 aliphatic heterocycles. The van der Waals surface area contributed by atoms with Crippen molar-refractivity contribution in [2.45, 2.75) is 6.29 Å². The summed E-state index contributed by atoms with van der Waals surface area (Å²) in [7, 11) is 3.30. The highest BCUT2D eigenvalue weighted by atomic mass is 16.4. The van der Waals surface area contributed by atoms with E-state index in [1.54, 1.807) is 14.1 Å². The number of aliphatic carboxylic acids is 1. The summed E-state index contributed by atoms with van der Waals surface area (Å²) in [6, 6.07) is 0. The highest BCUT2D eigenvalue weighted by Crippen LogP contribution is 1.82. The Morgan fingerprint density at radius 2 is 2.40 bits per heavy atom. The molecule has 60 valence electrons. The first-order valence-corrected chi connectivity index (χ1v) is 2.92. The molecule has 0 spiro atoms. The fourth-order valence-corrected chi connectivity index (χ4v) is 0.532. The van der Waals surface area contributed by atoms with Crippen LogP contribution in [0.15, 0.2) is 0 Å². The molecule has 0 radical (unpaired) electrons. The van der Waals surface area contributed by atoms with Crippen LogP contribution >= 0.6 is 0 Å². The quantitative estimate of drug-likeness (QED) is 0.420. The van der Waals surface area contributed by atoms with Gasteiger partial charge in [-0.25, -0.2) is 0 Å². The van der Waals surface area contributed by atoms with Crippen LogP contribution in [0.5, 0.6) is 0 Å². The van der Waals surface area contributed by atoms with Crippen molar-refractivity contribution in [3.63, 3.8) is 0 Å². The number of nitrogens with zero attached hydrogens (tertiary/aromatic N) is 1. The molecule has 0 saturated carbocycles. The molecule has 0 rings (SSSR count). The molecule has 0 amide bonds. The lowest BCUT2D eigenvalue weighted by molar-refractivity contribution is -0.138. The topological polar surface area (TPSA) is 78.6 Å². The van der Waals surface area contributed by atoms with Gasteiger partial charge in [-0.2, -0.15) is 0 Å². The van der Waals surface area contributed by atoms with Gasteiger partial charge < -0.3 is 10.8 Å². The van der Waals surface area contributed by atoms with E-state index in [0.717, 1.165) is 0 Å². The highest BCUT2D eigenvalue weighted by Gasteiger charge is 2.09. The maximum Gasteiger partial charge on any atom is 0.317 e. The monoisotopic (exact) mass is 147 g/mol. The Hall–Kier alpha value is -0.650. The molecule has 0 fully saturated rings. The van der Waals surface area contributed by atoms with E-state index < -0.39 is 12.3 Å². The second kappa shape index (κ2) is 4.21. The normalized spacial score (nSPS) is 13.6. The minimum atomic E-state index is -0.881. The first-order valence-electron chi connectivity index (χ1n) is 2.92. The number of hydrogen-bond acceptors (Lipinski definition) is 4. The molecule has 0 bridgehead atoms. The second-order valence-electron chi connectivity index (χ2n) is 2.04. The van der Waals surface area contributed by atoms with Gasteiger partial charge in [0.2, 0.25) is 0 Å². The largest absolute Gasteiger partial charge is 0.480 e.